The molecule has 0 amide bonds. The van der Waals surface area contributed by atoms with Crippen molar-refractivity contribution in [1.82, 2.24) is 6.15 Å². The summed E-state index contributed by atoms with van der Waals surface area (Å²) in [4.78, 5) is 0. The Labute approximate surface area is 72.0 Å². The van der Waals surface area contributed by atoms with Crippen LogP contribution >= 0.6 is 0 Å². The minimum Gasteiger partial charge on any atom is -0.394 e. The van der Waals surface area contributed by atoms with Gasteiger partial charge in [0.05, 0.1) is 12.6 Å². The smallest absolute Gasteiger partial charge is 0.0636 e. The zero-order valence-electron chi connectivity index (χ0n) is 6.96. The highest BCUT2D eigenvalue weighted by molar-refractivity contribution is 5.56. The molecule has 0 aliphatic carbocycles. The molecule has 1 unspecified atom stereocenters. The normalized spacial score (nSPS) is 19.2. The molecule has 2 rings (SSSR count). The topological polar surface area (TPSA) is 67.3 Å². The fourth-order valence-corrected chi connectivity index (χ4v) is 1.49. The van der Waals surface area contributed by atoms with E-state index >= 15 is 0 Å². The lowest BCUT2D eigenvalue weighted by Gasteiger charge is -2.04. The molecule has 3 nitrogen and oxygen atoms in total. The molecule has 1 aromatic rings. The molecule has 0 spiro atoms. The van der Waals surface area contributed by atoms with E-state index in [0.29, 0.717) is 0 Å². The summed E-state index contributed by atoms with van der Waals surface area (Å²) in [7, 11) is 0. The average Bonchev–Trinajstić information content (AvgIpc) is 2.46. The van der Waals surface area contributed by atoms with Gasteiger partial charge < -0.3 is 16.6 Å². The number of para-hydroxylation sites is 1. The second kappa shape index (κ2) is 3.56. The third-order valence-electron chi connectivity index (χ3n) is 2.06. The predicted octanol–water partition coefficient (Wildman–Crippen LogP) is 1.18. The molecule has 1 aromatic carbocycles. The Morgan fingerprint density at radius 1 is 1.42 bits per heavy atom. The highest BCUT2D eigenvalue weighted by Crippen LogP contribution is 2.24. The van der Waals surface area contributed by atoms with Crippen LogP contribution in [0, 0.1) is 0 Å². The number of rotatable bonds is 1. The summed E-state index contributed by atoms with van der Waals surface area (Å²) in [6.07, 6.45) is 0.951. The molecule has 3 heteroatoms. The van der Waals surface area contributed by atoms with Crippen molar-refractivity contribution in [3.63, 3.8) is 0 Å². The minimum absolute atomic E-state index is 0. The van der Waals surface area contributed by atoms with E-state index in [2.05, 4.69) is 11.4 Å². The van der Waals surface area contributed by atoms with E-state index in [1.54, 1.807) is 0 Å². The molecule has 0 bridgehead atoms. The summed E-state index contributed by atoms with van der Waals surface area (Å²) >= 11 is 0. The number of nitrogens with one attached hydrogen (secondary N) is 1. The van der Waals surface area contributed by atoms with Crippen LogP contribution in [0.15, 0.2) is 24.3 Å². The Balaban J connectivity index is 0.000000720. The van der Waals surface area contributed by atoms with Crippen molar-refractivity contribution in [2.45, 2.75) is 12.5 Å². The summed E-state index contributed by atoms with van der Waals surface area (Å²) in [6, 6.07) is 8.40. The standard InChI is InChI=1S/C9H11NO.H3N/c11-6-8-5-7-3-1-2-4-9(7)10-8;/h1-4,8,10-11H,5-6H2;1H3. The van der Waals surface area contributed by atoms with Gasteiger partial charge in [-0.2, -0.15) is 0 Å². The molecule has 1 atom stereocenters. The summed E-state index contributed by atoms with van der Waals surface area (Å²) < 4.78 is 0. The zero-order chi connectivity index (χ0) is 7.68. The van der Waals surface area contributed by atoms with Crippen molar-refractivity contribution in [2.24, 2.45) is 0 Å². The molecule has 1 aliphatic rings. The molecule has 0 saturated heterocycles. The number of aliphatic hydroxyl groups excluding tert-OH is 1. The van der Waals surface area contributed by atoms with E-state index in [9.17, 15) is 0 Å². The molecule has 1 heterocycles. The fourth-order valence-electron chi connectivity index (χ4n) is 1.49. The zero-order valence-corrected chi connectivity index (χ0v) is 6.96. The van der Waals surface area contributed by atoms with Gasteiger partial charge in [-0.1, -0.05) is 18.2 Å². The summed E-state index contributed by atoms with van der Waals surface area (Å²) in [5.41, 5.74) is 2.48. The van der Waals surface area contributed by atoms with Crippen molar-refractivity contribution < 1.29 is 5.11 Å². The van der Waals surface area contributed by atoms with Gasteiger partial charge in [-0.25, -0.2) is 0 Å². The van der Waals surface area contributed by atoms with Gasteiger partial charge in [0.15, 0.2) is 0 Å². The quantitative estimate of drug-likeness (QED) is 0.586. The van der Waals surface area contributed by atoms with Crippen LogP contribution in [0.3, 0.4) is 0 Å². The van der Waals surface area contributed by atoms with Gasteiger partial charge in [0, 0.05) is 5.69 Å². The number of aliphatic hydroxyl groups is 1. The largest absolute Gasteiger partial charge is 0.394 e. The van der Waals surface area contributed by atoms with E-state index in [4.69, 9.17) is 5.11 Å². The van der Waals surface area contributed by atoms with Crippen LogP contribution in [0.1, 0.15) is 5.56 Å². The predicted molar refractivity (Wildman–Crippen MR) is 49.7 cm³/mol. The molecule has 0 radical (unpaired) electrons. The Morgan fingerprint density at radius 3 is 2.83 bits per heavy atom. The Kier molecular flexibility index (Phi) is 2.68. The molecule has 1 aliphatic heterocycles. The van der Waals surface area contributed by atoms with E-state index in [1.807, 2.05) is 18.2 Å². The van der Waals surface area contributed by atoms with Crippen molar-refractivity contribution in [1.29, 1.82) is 0 Å². The van der Waals surface area contributed by atoms with Crippen LogP contribution in [-0.2, 0) is 6.42 Å². The van der Waals surface area contributed by atoms with E-state index < -0.39 is 0 Å². The van der Waals surface area contributed by atoms with Gasteiger partial charge in [-0.3, -0.25) is 0 Å². The molecular weight excluding hydrogens is 152 g/mol. The highest BCUT2D eigenvalue weighted by atomic mass is 16.3. The molecular formula is C9H14N2O. The van der Waals surface area contributed by atoms with E-state index in [0.717, 1.165) is 6.42 Å². The third kappa shape index (κ3) is 1.42. The molecule has 0 saturated carbocycles. The Morgan fingerprint density at radius 2 is 2.17 bits per heavy atom. The van der Waals surface area contributed by atoms with Gasteiger partial charge in [0.25, 0.3) is 0 Å². The lowest BCUT2D eigenvalue weighted by Crippen LogP contribution is -2.19. The fraction of sp³-hybridized carbons (Fsp3) is 0.333. The second-order valence-electron chi connectivity index (χ2n) is 2.89. The van der Waals surface area contributed by atoms with Crippen LogP contribution in [0.2, 0.25) is 0 Å². The van der Waals surface area contributed by atoms with Crippen LogP contribution < -0.4 is 11.5 Å². The SMILES string of the molecule is N.OCC1Cc2ccccc2N1. The number of benzene rings is 1. The number of hydrogen-bond donors (Lipinski definition) is 3. The molecule has 66 valence electrons. The first-order valence-electron chi connectivity index (χ1n) is 3.85. The van der Waals surface area contributed by atoms with Gasteiger partial charge in [0.2, 0.25) is 0 Å². The van der Waals surface area contributed by atoms with Crippen molar-refractivity contribution in [3.8, 4) is 0 Å². The van der Waals surface area contributed by atoms with Gasteiger partial charge >= 0.3 is 0 Å². The maximum absolute atomic E-state index is 8.88. The molecule has 0 fully saturated rings. The lowest BCUT2D eigenvalue weighted by atomic mass is 10.1. The number of anilines is 1. The molecule has 0 aromatic heterocycles. The maximum Gasteiger partial charge on any atom is 0.0636 e. The van der Waals surface area contributed by atoms with Crippen LogP contribution in [-0.4, -0.2) is 17.8 Å². The van der Waals surface area contributed by atoms with Crippen LogP contribution in [0.25, 0.3) is 0 Å². The van der Waals surface area contributed by atoms with Crippen LogP contribution in [0.5, 0.6) is 0 Å². The Bertz CT molecular complexity index is 237. The summed E-state index contributed by atoms with van der Waals surface area (Å²) in [5.74, 6) is 0. The Hall–Kier alpha value is -1.06. The second-order valence-corrected chi connectivity index (χ2v) is 2.89. The van der Waals surface area contributed by atoms with Crippen molar-refractivity contribution >= 4 is 5.69 Å². The first-order chi connectivity index (χ1) is 5.40. The van der Waals surface area contributed by atoms with E-state index in [-0.39, 0.29) is 18.8 Å². The minimum atomic E-state index is 0. The average molecular weight is 166 g/mol. The lowest BCUT2D eigenvalue weighted by molar-refractivity contribution is 0.277. The molecule has 5 N–H and O–H groups in total. The van der Waals surface area contributed by atoms with Crippen molar-refractivity contribution in [2.75, 3.05) is 11.9 Å². The monoisotopic (exact) mass is 166 g/mol. The summed E-state index contributed by atoms with van der Waals surface area (Å²) in [5, 5.41) is 12.1. The molecule has 12 heavy (non-hydrogen) atoms. The number of fused-ring (bicyclic) bond motifs is 1. The van der Waals surface area contributed by atoms with Crippen LogP contribution in [0.4, 0.5) is 5.69 Å². The van der Waals surface area contributed by atoms with Crippen molar-refractivity contribution in [3.05, 3.63) is 29.8 Å². The first kappa shape index (κ1) is 9.03. The number of hydrogen-bond acceptors (Lipinski definition) is 3. The highest BCUT2D eigenvalue weighted by Gasteiger charge is 2.17. The van der Waals surface area contributed by atoms with Gasteiger partial charge in [-0.15, -0.1) is 0 Å². The van der Waals surface area contributed by atoms with E-state index in [1.165, 1.54) is 11.3 Å². The first-order valence-corrected chi connectivity index (χ1v) is 3.85. The maximum atomic E-state index is 8.88. The van der Waals surface area contributed by atoms with Gasteiger partial charge in [-0.05, 0) is 18.1 Å². The summed E-state index contributed by atoms with van der Waals surface area (Å²) in [6.45, 7) is 0.217. The third-order valence-corrected chi connectivity index (χ3v) is 2.06. The van der Waals surface area contributed by atoms with Gasteiger partial charge in [0.1, 0.15) is 0 Å².